The first-order chi connectivity index (χ1) is 22.3. The molecule has 6 aromatic carbocycles. The highest BCUT2D eigenvalue weighted by Crippen LogP contribution is 2.54. The van der Waals surface area contributed by atoms with Gasteiger partial charge in [0.15, 0.2) is 0 Å². The van der Waals surface area contributed by atoms with Crippen LogP contribution in [0.4, 0.5) is 0 Å². The molecule has 46 heavy (non-hydrogen) atoms. The molecule has 0 aliphatic carbocycles. The lowest BCUT2D eigenvalue weighted by molar-refractivity contribution is 0.414. The lowest BCUT2D eigenvalue weighted by Crippen LogP contribution is -1.99. The largest absolute Gasteiger partial charge is 0.497 e. The highest BCUT2D eigenvalue weighted by Gasteiger charge is 2.27. The van der Waals surface area contributed by atoms with Gasteiger partial charge in [0, 0.05) is 52.6 Å². The van der Waals surface area contributed by atoms with Crippen LogP contribution in [0.5, 0.6) is 23.0 Å². The summed E-state index contributed by atoms with van der Waals surface area (Å²) < 4.78 is 21.9. The Labute approximate surface area is 291 Å². The molecule has 0 heterocycles. The molecular formula is C38H32O4S4. The van der Waals surface area contributed by atoms with Crippen LogP contribution in [-0.2, 0) is 0 Å². The summed E-state index contributed by atoms with van der Waals surface area (Å²) in [6.45, 7) is 0. The minimum atomic E-state index is 0.764. The molecule has 0 atom stereocenters. The lowest BCUT2D eigenvalue weighted by Gasteiger charge is -2.25. The maximum absolute atomic E-state index is 5.47. The molecule has 0 fully saturated rings. The van der Waals surface area contributed by atoms with Crippen LogP contribution in [-0.4, -0.2) is 28.4 Å². The maximum Gasteiger partial charge on any atom is 0.118 e. The molecule has 0 aromatic heterocycles. The van der Waals surface area contributed by atoms with Crippen LogP contribution < -0.4 is 18.9 Å². The van der Waals surface area contributed by atoms with Gasteiger partial charge in [-0.25, -0.2) is 0 Å². The molecule has 0 amide bonds. The molecule has 0 aliphatic rings. The van der Waals surface area contributed by atoms with Crippen molar-refractivity contribution in [3.63, 3.8) is 0 Å². The number of thiol groups is 4. The Balaban J connectivity index is 1.78. The standard InChI is InChI=1S/C38H32O4S4/c1-39-25-13-5-21(6-14-25)29-30(22-7-15-26(40-2)16-8-22)36(44)34-33(35(29)43)37(45)31(23-9-17-27(41-3)18-10-23)32(38(34)46)24-11-19-28(42-4)20-12-24/h5-20,43-46H,1-4H3. The number of fused-ring (bicyclic) bond motifs is 1. The predicted molar refractivity (Wildman–Crippen MR) is 201 cm³/mol. The van der Waals surface area contributed by atoms with E-state index in [1.807, 2.05) is 97.1 Å². The zero-order chi connectivity index (χ0) is 32.5. The second kappa shape index (κ2) is 13.5. The van der Waals surface area contributed by atoms with Crippen molar-refractivity contribution in [3.8, 4) is 67.5 Å². The van der Waals surface area contributed by atoms with E-state index < -0.39 is 0 Å². The van der Waals surface area contributed by atoms with Gasteiger partial charge < -0.3 is 18.9 Å². The summed E-state index contributed by atoms with van der Waals surface area (Å²) in [6.07, 6.45) is 0. The first-order valence-electron chi connectivity index (χ1n) is 14.4. The van der Waals surface area contributed by atoms with Crippen LogP contribution in [0.3, 0.4) is 0 Å². The third kappa shape index (κ3) is 5.68. The molecule has 8 heteroatoms. The number of rotatable bonds is 8. The monoisotopic (exact) mass is 680 g/mol. The second-order valence-electron chi connectivity index (χ2n) is 10.6. The zero-order valence-electron chi connectivity index (χ0n) is 25.7. The minimum absolute atomic E-state index is 0.764. The van der Waals surface area contributed by atoms with Crippen molar-refractivity contribution in [2.45, 2.75) is 19.6 Å². The molecule has 6 rings (SSSR count). The highest BCUT2D eigenvalue weighted by atomic mass is 32.1. The summed E-state index contributed by atoms with van der Waals surface area (Å²) in [5.74, 6) is 3.06. The molecule has 0 N–H and O–H groups in total. The Morgan fingerprint density at radius 1 is 0.304 bits per heavy atom. The Morgan fingerprint density at radius 2 is 0.478 bits per heavy atom. The van der Waals surface area contributed by atoms with E-state index >= 15 is 0 Å². The SMILES string of the molecule is COc1ccc(-c2c(-c3ccc(OC)cc3)c(S)c3c(S)c(-c4ccc(OC)cc4)c(-c4ccc(OC)cc4)c(S)c3c2S)cc1. The molecular weight excluding hydrogens is 649 g/mol. The van der Waals surface area contributed by atoms with Crippen LogP contribution in [0.15, 0.2) is 117 Å². The fourth-order valence-electron chi connectivity index (χ4n) is 5.83. The smallest absolute Gasteiger partial charge is 0.118 e. The molecule has 0 spiro atoms. The summed E-state index contributed by atoms with van der Waals surface area (Å²) in [5.41, 5.74) is 7.56. The first-order valence-corrected chi connectivity index (χ1v) is 16.2. The van der Waals surface area contributed by atoms with Crippen molar-refractivity contribution >= 4 is 61.3 Å². The van der Waals surface area contributed by atoms with Crippen molar-refractivity contribution in [1.82, 2.24) is 0 Å². The van der Waals surface area contributed by atoms with Crippen LogP contribution in [0.2, 0.25) is 0 Å². The summed E-state index contributed by atoms with van der Waals surface area (Å²) in [7, 11) is 6.64. The Morgan fingerprint density at radius 3 is 0.630 bits per heavy atom. The quantitative estimate of drug-likeness (QED) is 0.121. The molecule has 0 aliphatic heterocycles. The van der Waals surface area contributed by atoms with Crippen molar-refractivity contribution < 1.29 is 18.9 Å². The molecule has 0 radical (unpaired) electrons. The molecule has 4 nitrogen and oxygen atoms in total. The Hall–Kier alpha value is -3.82. The molecule has 0 saturated carbocycles. The summed E-state index contributed by atoms with van der Waals surface area (Å²) in [5, 5.41) is 1.71. The molecule has 0 unspecified atom stereocenters. The van der Waals surface area contributed by atoms with Gasteiger partial charge in [-0.2, -0.15) is 0 Å². The molecule has 0 saturated heterocycles. The predicted octanol–water partition coefficient (Wildman–Crippen LogP) is 10.7. The minimum Gasteiger partial charge on any atom is -0.497 e. The Bertz CT molecular complexity index is 1740. The lowest BCUT2D eigenvalue weighted by atomic mass is 9.86. The van der Waals surface area contributed by atoms with E-state index in [0.29, 0.717) is 0 Å². The summed E-state index contributed by atoms with van der Waals surface area (Å²) >= 11 is 21.1. The normalized spacial score (nSPS) is 11.0. The van der Waals surface area contributed by atoms with Crippen LogP contribution >= 0.6 is 50.5 Å². The van der Waals surface area contributed by atoms with E-state index in [4.69, 9.17) is 69.5 Å². The number of ether oxygens (including phenoxy) is 4. The number of methoxy groups -OCH3 is 4. The number of hydrogen-bond acceptors (Lipinski definition) is 8. The van der Waals surface area contributed by atoms with Gasteiger partial charge in [0.2, 0.25) is 0 Å². The first kappa shape index (κ1) is 32.1. The van der Waals surface area contributed by atoms with Gasteiger partial charge in [-0.3, -0.25) is 0 Å². The fourth-order valence-corrected chi connectivity index (χ4v) is 7.86. The second-order valence-corrected chi connectivity index (χ2v) is 12.3. The van der Waals surface area contributed by atoms with E-state index in [1.54, 1.807) is 28.4 Å². The summed E-state index contributed by atoms with van der Waals surface area (Å²) in [6, 6.07) is 31.9. The van der Waals surface area contributed by atoms with Crippen molar-refractivity contribution in [2.24, 2.45) is 0 Å². The van der Waals surface area contributed by atoms with Crippen LogP contribution in [0, 0.1) is 0 Å². The van der Waals surface area contributed by atoms with Crippen LogP contribution in [0.25, 0.3) is 55.3 Å². The van der Waals surface area contributed by atoms with Gasteiger partial charge >= 0.3 is 0 Å². The van der Waals surface area contributed by atoms with Gasteiger partial charge in [-0.1, -0.05) is 48.5 Å². The van der Waals surface area contributed by atoms with E-state index in [2.05, 4.69) is 0 Å². The van der Waals surface area contributed by atoms with Gasteiger partial charge in [-0.05, 0) is 70.8 Å². The van der Waals surface area contributed by atoms with E-state index in [1.165, 1.54) is 0 Å². The zero-order valence-corrected chi connectivity index (χ0v) is 29.2. The number of benzene rings is 6. The van der Waals surface area contributed by atoms with Gasteiger partial charge in [0.1, 0.15) is 23.0 Å². The van der Waals surface area contributed by atoms with Crippen molar-refractivity contribution in [3.05, 3.63) is 97.1 Å². The average molecular weight is 681 g/mol. The molecule has 0 bridgehead atoms. The fraction of sp³-hybridized carbons (Fsp3) is 0.105. The topological polar surface area (TPSA) is 36.9 Å². The van der Waals surface area contributed by atoms with Gasteiger partial charge in [0.05, 0.1) is 28.4 Å². The third-order valence-corrected chi connectivity index (χ3v) is 9.95. The highest BCUT2D eigenvalue weighted by molar-refractivity contribution is 7.82. The van der Waals surface area contributed by atoms with Gasteiger partial charge in [0.25, 0.3) is 0 Å². The summed E-state index contributed by atoms with van der Waals surface area (Å²) in [4.78, 5) is 3.06. The Kier molecular flexibility index (Phi) is 9.43. The maximum atomic E-state index is 5.47. The third-order valence-electron chi connectivity index (χ3n) is 8.16. The van der Waals surface area contributed by atoms with E-state index in [9.17, 15) is 0 Å². The number of hydrogen-bond donors (Lipinski definition) is 4. The van der Waals surface area contributed by atoms with Crippen molar-refractivity contribution in [1.29, 1.82) is 0 Å². The van der Waals surface area contributed by atoms with E-state index in [0.717, 1.165) is 97.9 Å². The molecule has 6 aromatic rings. The van der Waals surface area contributed by atoms with Gasteiger partial charge in [-0.15, -0.1) is 50.5 Å². The van der Waals surface area contributed by atoms with Crippen molar-refractivity contribution in [2.75, 3.05) is 28.4 Å². The van der Waals surface area contributed by atoms with E-state index in [-0.39, 0.29) is 0 Å². The molecule has 232 valence electrons. The average Bonchev–Trinajstić information content (AvgIpc) is 3.10. The van der Waals surface area contributed by atoms with Crippen LogP contribution in [0.1, 0.15) is 0 Å².